The first-order chi connectivity index (χ1) is 10.3. The molecule has 0 aliphatic heterocycles. The smallest absolute Gasteiger partial charge is 0.161 e. The standard InChI is InChI=1S/C18H18O3/c1-2-20-18-13-15(9-6-12-19)10-11-17(18)21-14-16-7-4-3-5-8-16/h3-13H,2,14H2,1H3. The van der Waals surface area contributed by atoms with E-state index in [-0.39, 0.29) is 0 Å². The van der Waals surface area contributed by atoms with Crippen LogP contribution < -0.4 is 9.47 Å². The molecule has 0 amide bonds. The second kappa shape index (κ2) is 7.90. The van der Waals surface area contributed by atoms with Crippen LogP contribution in [0.25, 0.3) is 6.08 Å². The van der Waals surface area contributed by atoms with Gasteiger partial charge < -0.3 is 9.47 Å². The summed E-state index contributed by atoms with van der Waals surface area (Å²) in [6, 6.07) is 15.6. The van der Waals surface area contributed by atoms with Crippen LogP contribution in [0.2, 0.25) is 0 Å². The van der Waals surface area contributed by atoms with E-state index < -0.39 is 0 Å². The van der Waals surface area contributed by atoms with Crippen LogP contribution in [0.1, 0.15) is 18.1 Å². The quantitative estimate of drug-likeness (QED) is 0.571. The summed E-state index contributed by atoms with van der Waals surface area (Å²) in [5, 5.41) is 0. The molecule has 0 bridgehead atoms. The highest BCUT2D eigenvalue weighted by Crippen LogP contribution is 2.29. The van der Waals surface area contributed by atoms with Crippen LogP contribution in [-0.2, 0) is 11.4 Å². The van der Waals surface area contributed by atoms with Gasteiger partial charge >= 0.3 is 0 Å². The SMILES string of the molecule is CCOc1cc(C=CC=O)ccc1OCc1ccccc1. The van der Waals surface area contributed by atoms with E-state index in [1.807, 2.05) is 55.5 Å². The van der Waals surface area contributed by atoms with Crippen LogP contribution >= 0.6 is 0 Å². The number of hydrogen-bond donors (Lipinski definition) is 0. The molecule has 108 valence electrons. The third-order valence-corrected chi connectivity index (χ3v) is 2.87. The van der Waals surface area contributed by atoms with E-state index in [1.165, 1.54) is 6.08 Å². The minimum Gasteiger partial charge on any atom is -0.490 e. The average molecular weight is 282 g/mol. The van der Waals surface area contributed by atoms with Crippen molar-refractivity contribution >= 4 is 12.4 Å². The normalized spacial score (nSPS) is 10.5. The Kier molecular flexibility index (Phi) is 5.59. The Balaban J connectivity index is 2.14. The molecule has 0 unspecified atom stereocenters. The van der Waals surface area contributed by atoms with Crippen LogP contribution in [-0.4, -0.2) is 12.9 Å². The Morgan fingerprint density at radius 2 is 1.81 bits per heavy atom. The molecule has 3 heteroatoms. The van der Waals surface area contributed by atoms with Crippen LogP contribution in [0.15, 0.2) is 54.6 Å². The van der Waals surface area contributed by atoms with Crippen molar-refractivity contribution < 1.29 is 14.3 Å². The van der Waals surface area contributed by atoms with E-state index in [9.17, 15) is 4.79 Å². The van der Waals surface area contributed by atoms with E-state index in [0.717, 1.165) is 17.4 Å². The number of allylic oxidation sites excluding steroid dienone is 1. The topological polar surface area (TPSA) is 35.5 Å². The van der Waals surface area contributed by atoms with Gasteiger partial charge in [0.2, 0.25) is 0 Å². The van der Waals surface area contributed by atoms with Gasteiger partial charge in [-0.05, 0) is 36.3 Å². The van der Waals surface area contributed by atoms with Crippen molar-refractivity contribution in [3.05, 3.63) is 65.7 Å². The minimum absolute atomic E-state index is 0.491. The second-order valence-electron chi connectivity index (χ2n) is 4.41. The van der Waals surface area contributed by atoms with Crippen molar-refractivity contribution in [1.29, 1.82) is 0 Å². The molecule has 0 aliphatic carbocycles. The molecule has 21 heavy (non-hydrogen) atoms. The molecule has 0 saturated heterocycles. The summed E-state index contributed by atoms with van der Waals surface area (Å²) in [7, 11) is 0. The Bertz CT molecular complexity index is 603. The third-order valence-electron chi connectivity index (χ3n) is 2.87. The Morgan fingerprint density at radius 3 is 2.52 bits per heavy atom. The fourth-order valence-electron chi connectivity index (χ4n) is 1.90. The van der Waals surface area contributed by atoms with Crippen LogP contribution in [0.3, 0.4) is 0 Å². The Labute approximate surface area is 124 Å². The monoisotopic (exact) mass is 282 g/mol. The van der Waals surface area contributed by atoms with Crippen molar-refractivity contribution in [3.63, 3.8) is 0 Å². The van der Waals surface area contributed by atoms with Crippen LogP contribution in [0.4, 0.5) is 0 Å². The highest BCUT2D eigenvalue weighted by Gasteiger charge is 2.06. The molecule has 0 fully saturated rings. The summed E-state index contributed by atoms with van der Waals surface area (Å²) in [5.41, 5.74) is 2.00. The molecule has 0 N–H and O–H groups in total. The van der Waals surface area contributed by atoms with E-state index >= 15 is 0 Å². The fourth-order valence-corrected chi connectivity index (χ4v) is 1.90. The van der Waals surface area contributed by atoms with Gasteiger partial charge in [0.25, 0.3) is 0 Å². The van der Waals surface area contributed by atoms with Crippen molar-refractivity contribution in [3.8, 4) is 11.5 Å². The van der Waals surface area contributed by atoms with Gasteiger partial charge in [0.05, 0.1) is 6.61 Å². The maximum absolute atomic E-state index is 10.4. The molecule has 0 aromatic heterocycles. The fraction of sp³-hybridized carbons (Fsp3) is 0.167. The second-order valence-corrected chi connectivity index (χ2v) is 4.41. The first-order valence-corrected chi connectivity index (χ1v) is 6.89. The molecule has 0 heterocycles. The number of hydrogen-bond acceptors (Lipinski definition) is 3. The largest absolute Gasteiger partial charge is 0.490 e. The van der Waals surface area contributed by atoms with Gasteiger partial charge in [0.15, 0.2) is 11.5 Å². The number of carbonyl (C=O) groups excluding carboxylic acids is 1. The highest BCUT2D eigenvalue weighted by atomic mass is 16.5. The number of benzene rings is 2. The number of ether oxygens (including phenoxy) is 2. The molecule has 0 spiro atoms. The van der Waals surface area contributed by atoms with Crippen LogP contribution in [0, 0.1) is 0 Å². The molecular formula is C18H18O3. The molecule has 2 aromatic rings. The molecule has 3 nitrogen and oxygen atoms in total. The molecule has 0 atom stereocenters. The lowest BCUT2D eigenvalue weighted by atomic mass is 10.2. The lowest BCUT2D eigenvalue weighted by molar-refractivity contribution is -0.104. The third kappa shape index (κ3) is 4.49. The summed E-state index contributed by atoms with van der Waals surface area (Å²) >= 11 is 0. The Hall–Kier alpha value is -2.55. The van der Waals surface area contributed by atoms with Gasteiger partial charge in [-0.1, -0.05) is 42.5 Å². The maximum atomic E-state index is 10.4. The molecule has 2 rings (SSSR count). The summed E-state index contributed by atoms with van der Waals surface area (Å²) in [5.74, 6) is 1.38. The van der Waals surface area contributed by atoms with Gasteiger partial charge in [-0.15, -0.1) is 0 Å². The Morgan fingerprint density at radius 1 is 1.00 bits per heavy atom. The summed E-state index contributed by atoms with van der Waals surface area (Å²) < 4.78 is 11.4. The molecule has 0 aliphatic rings. The van der Waals surface area contributed by atoms with Crippen molar-refractivity contribution in [2.45, 2.75) is 13.5 Å². The van der Waals surface area contributed by atoms with Gasteiger partial charge in [0, 0.05) is 0 Å². The van der Waals surface area contributed by atoms with E-state index in [0.29, 0.717) is 24.7 Å². The van der Waals surface area contributed by atoms with Gasteiger partial charge in [-0.25, -0.2) is 0 Å². The lowest BCUT2D eigenvalue weighted by Crippen LogP contribution is -1.99. The van der Waals surface area contributed by atoms with Gasteiger partial charge in [-0.2, -0.15) is 0 Å². The number of carbonyl (C=O) groups is 1. The van der Waals surface area contributed by atoms with Crippen molar-refractivity contribution in [2.75, 3.05) is 6.61 Å². The summed E-state index contributed by atoms with van der Waals surface area (Å²) in [6.07, 6.45) is 3.94. The van der Waals surface area contributed by atoms with E-state index in [4.69, 9.17) is 9.47 Å². The van der Waals surface area contributed by atoms with Crippen molar-refractivity contribution in [1.82, 2.24) is 0 Å². The zero-order valence-corrected chi connectivity index (χ0v) is 12.0. The molecular weight excluding hydrogens is 264 g/mol. The molecule has 0 saturated carbocycles. The summed E-state index contributed by atoms with van der Waals surface area (Å²) in [6.45, 7) is 2.97. The number of aldehydes is 1. The van der Waals surface area contributed by atoms with Crippen LogP contribution in [0.5, 0.6) is 11.5 Å². The van der Waals surface area contributed by atoms with Gasteiger partial charge in [-0.3, -0.25) is 4.79 Å². The predicted molar refractivity (Wildman–Crippen MR) is 83.5 cm³/mol. The average Bonchev–Trinajstić information content (AvgIpc) is 2.53. The predicted octanol–water partition coefficient (Wildman–Crippen LogP) is 3.88. The number of rotatable bonds is 7. The zero-order chi connectivity index (χ0) is 14.9. The van der Waals surface area contributed by atoms with E-state index in [1.54, 1.807) is 6.08 Å². The molecule has 2 aromatic carbocycles. The maximum Gasteiger partial charge on any atom is 0.161 e. The minimum atomic E-state index is 0.491. The van der Waals surface area contributed by atoms with E-state index in [2.05, 4.69) is 0 Å². The van der Waals surface area contributed by atoms with Gasteiger partial charge in [0.1, 0.15) is 12.9 Å². The zero-order valence-electron chi connectivity index (χ0n) is 12.0. The molecule has 0 radical (unpaired) electrons. The first kappa shape index (κ1) is 14.9. The first-order valence-electron chi connectivity index (χ1n) is 6.89. The lowest BCUT2D eigenvalue weighted by Gasteiger charge is -2.12. The summed E-state index contributed by atoms with van der Waals surface area (Å²) in [4.78, 5) is 10.4. The highest BCUT2D eigenvalue weighted by molar-refractivity contribution is 5.74. The van der Waals surface area contributed by atoms with Crippen molar-refractivity contribution in [2.24, 2.45) is 0 Å².